The smallest absolute Gasteiger partial charge is 0.477 e. The molecule has 13 heavy (non-hydrogen) atoms. The highest BCUT2D eigenvalue weighted by atomic mass is 79.9. The number of pyridine rings is 1. The van der Waals surface area contributed by atoms with Crippen LogP contribution < -0.4 is 5.46 Å². The van der Waals surface area contributed by atoms with Crippen LogP contribution in [-0.2, 0) is 0 Å². The molecular formula is C6H5BBrNO4. The molecule has 0 spiro atoms. The molecule has 0 aliphatic carbocycles. The van der Waals surface area contributed by atoms with Gasteiger partial charge in [-0.25, -0.2) is 9.78 Å². The van der Waals surface area contributed by atoms with Crippen LogP contribution in [0, 0.1) is 0 Å². The van der Waals surface area contributed by atoms with Crippen LogP contribution in [0.4, 0.5) is 0 Å². The summed E-state index contributed by atoms with van der Waals surface area (Å²) in [5, 5.41) is 26.1. The molecule has 0 saturated carbocycles. The Hall–Kier alpha value is -0.915. The average Bonchev–Trinajstić information content (AvgIpc) is 2.03. The molecule has 0 aliphatic rings. The van der Waals surface area contributed by atoms with E-state index in [0.717, 1.165) is 0 Å². The van der Waals surface area contributed by atoms with Gasteiger partial charge in [0.1, 0.15) is 10.3 Å². The Kier molecular flexibility index (Phi) is 3.02. The number of rotatable bonds is 2. The number of hydrogen-bond acceptors (Lipinski definition) is 4. The Balaban J connectivity index is 3.13. The number of halogens is 1. The minimum absolute atomic E-state index is 0.113. The first-order valence-corrected chi connectivity index (χ1v) is 4.07. The highest BCUT2D eigenvalue weighted by Crippen LogP contribution is 2.04. The molecule has 1 aromatic rings. The topological polar surface area (TPSA) is 90.7 Å². The van der Waals surface area contributed by atoms with Crippen LogP contribution in [-0.4, -0.2) is 33.2 Å². The Morgan fingerprint density at radius 3 is 2.46 bits per heavy atom. The summed E-state index contributed by atoms with van der Waals surface area (Å²) in [6, 6.07) is 2.48. The molecule has 68 valence electrons. The van der Waals surface area contributed by atoms with E-state index < -0.39 is 13.1 Å². The summed E-state index contributed by atoms with van der Waals surface area (Å²) in [6.45, 7) is 0. The molecule has 3 N–H and O–H groups in total. The van der Waals surface area contributed by atoms with E-state index in [4.69, 9.17) is 15.2 Å². The van der Waals surface area contributed by atoms with Crippen molar-refractivity contribution in [2.45, 2.75) is 0 Å². The molecule has 0 saturated heterocycles. The summed E-state index contributed by atoms with van der Waals surface area (Å²) in [5.74, 6) is -1.17. The number of nitrogens with zero attached hydrogens (tertiary/aromatic N) is 1. The van der Waals surface area contributed by atoms with Gasteiger partial charge in [0.15, 0.2) is 0 Å². The average molecular weight is 246 g/mol. The molecule has 0 aromatic carbocycles. The van der Waals surface area contributed by atoms with E-state index in [1.54, 1.807) is 0 Å². The molecule has 1 aromatic heterocycles. The summed E-state index contributed by atoms with van der Waals surface area (Å²) in [4.78, 5) is 14.0. The fourth-order valence-electron chi connectivity index (χ4n) is 0.757. The summed E-state index contributed by atoms with van der Waals surface area (Å²) in [7, 11) is -1.66. The number of aromatic nitrogens is 1. The molecular weight excluding hydrogens is 241 g/mol. The summed E-state index contributed by atoms with van der Waals surface area (Å²) in [6.07, 6.45) is 0. The molecule has 7 heteroatoms. The first kappa shape index (κ1) is 10.2. The van der Waals surface area contributed by atoms with Gasteiger partial charge in [-0.15, -0.1) is 0 Å². The van der Waals surface area contributed by atoms with E-state index in [-0.39, 0.29) is 15.8 Å². The van der Waals surface area contributed by atoms with Crippen molar-refractivity contribution in [2.75, 3.05) is 0 Å². The van der Waals surface area contributed by atoms with Gasteiger partial charge < -0.3 is 15.2 Å². The quantitative estimate of drug-likeness (QED) is 0.470. The lowest BCUT2D eigenvalue weighted by molar-refractivity contribution is 0.0690. The van der Waals surface area contributed by atoms with Crippen molar-refractivity contribution < 1.29 is 19.9 Å². The van der Waals surface area contributed by atoms with Crippen molar-refractivity contribution in [3.8, 4) is 0 Å². The number of carbonyl (C=O) groups is 1. The monoisotopic (exact) mass is 245 g/mol. The van der Waals surface area contributed by atoms with Gasteiger partial charge in [0, 0.05) is 5.46 Å². The number of carboxylic acids is 1. The Labute approximate surface area is 82.3 Å². The van der Waals surface area contributed by atoms with E-state index in [1.807, 2.05) is 0 Å². The minimum Gasteiger partial charge on any atom is -0.477 e. The Bertz CT molecular complexity index is 343. The van der Waals surface area contributed by atoms with Crippen molar-refractivity contribution in [3.05, 3.63) is 22.4 Å². The SMILES string of the molecule is O=C(O)c1ccc(B(O)O)c(Br)n1. The maximum atomic E-state index is 10.4. The lowest BCUT2D eigenvalue weighted by atomic mass is 9.81. The maximum absolute atomic E-state index is 10.4. The van der Waals surface area contributed by atoms with Crippen LogP contribution in [0.15, 0.2) is 16.7 Å². The fraction of sp³-hybridized carbons (Fsp3) is 0. The highest BCUT2D eigenvalue weighted by Gasteiger charge is 2.17. The molecule has 0 fully saturated rings. The molecule has 0 amide bonds. The van der Waals surface area contributed by atoms with Crippen molar-refractivity contribution in [3.63, 3.8) is 0 Å². The summed E-state index contributed by atoms with van der Waals surface area (Å²) in [5.41, 5.74) is -0.0266. The van der Waals surface area contributed by atoms with E-state index in [1.165, 1.54) is 12.1 Å². The third-order valence-electron chi connectivity index (χ3n) is 1.37. The van der Waals surface area contributed by atoms with E-state index in [9.17, 15) is 4.79 Å². The first-order chi connectivity index (χ1) is 6.02. The Morgan fingerprint density at radius 1 is 1.46 bits per heavy atom. The number of aromatic carboxylic acids is 1. The third kappa shape index (κ3) is 2.27. The van der Waals surface area contributed by atoms with Crippen LogP contribution in [0.2, 0.25) is 0 Å². The molecule has 1 heterocycles. The molecule has 0 unspecified atom stereocenters. The zero-order chi connectivity index (χ0) is 10.0. The van der Waals surface area contributed by atoms with Gasteiger partial charge in [-0.2, -0.15) is 0 Å². The second-order valence-corrected chi connectivity index (χ2v) is 3.01. The minimum atomic E-state index is -1.66. The van der Waals surface area contributed by atoms with Crippen LogP contribution in [0.25, 0.3) is 0 Å². The van der Waals surface area contributed by atoms with Gasteiger partial charge in [0.2, 0.25) is 0 Å². The molecule has 0 bridgehead atoms. The van der Waals surface area contributed by atoms with Crippen LogP contribution in [0.5, 0.6) is 0 Å². The standard InChI is InChI=1S/C6H5BBrNO4/c8-5-3(7(12)13)1-2-4(9-5)6(10)11/h1-2,12-13H,(H,10,11). The van der Waals surface area contributed by atoms with Gasteiger partial charge >= 0.3 is 13.1 Å². The van der Waals surface area contributed by atoms with E-state index in [2.05, 4.69) is 20.9 Å². The first-order valence-electron chi connectivity index (χ1n) is 3.28. The predicted molar refractivity (Wildman–Crippen MR) is 48.7 cm³/mol. The maximum Gasteiger partial charge on any atom is 0.491 e. The largest absolute Gasteiger partial charge is 0.491 e. The molecule has 5 nitrogen and oxygen atoms in total. The number of carboxylic acid groups (broad SMARTS) is 1. The van der Waals surface area contributed by atoms with Gasteiger partial charge in [-0.3, -0.25) is 0 Å². The van der Waals surface area contributed by atoms with E-state index in [0.29, 0.717) is 0 Å². The molecule has 0 radical (unpaired) electrons. The predicted octanol–water partition coefficient (Wildman–Crippen LogP) is -0.778. The van der Waals surface area contributed by atoms with Crippen molar-refractivity contribution in [1.29, 1.82) is 0 Å². The second-order valence-electron chi connectivity index (χ2n) is 2.26. The zero-order valence-corrected chi connectivity index (χ0v) is 7.89. The Morgan fingerprint density at radius 2 is 2.08 bits per heavy atom. The van der Waals surface area contributed by atoms with Crippen molar-refractivity contribution in [1.82, 2.24) is 4.98 Å². The van der Waals surface area contributed by atoms with Gasteiger partial charge in [-0.05, 0) is 22.0 Å². The van der Waals surface area contributed by atoms with Crippen molar-refractivity contribution >= 4 is 34.5 Å². The van der Waals surface area contributed by atoms with E-state index >= 15 is 0 Å². The third-order valence-corrected chi connectivity index (χ3v) is 2.01. The fourth-order valence-corrected chi connectivity index (χ4v) is 1.28. The van der Waals surface area contributed by atoms with Gasteiger partial charge in [-0.1, -0.05) is 6.07 Å². The van der Waals surface area contributed by atoms with Crippen LogP contribution in [0.1, 0.15) is 10.5 Å². The molecule has 0 aliphatic heterocycles. The lowest BCUT2D eigenvalue weighted by Crippen LogP contribution is -2.32. The second kappa shape index (κ2) is 3.86. The highest BCUT2D eigenvalue weighted by molar-refractivity contribution is 9.10. The molecule has 1 rings (SSSR count). The summed E-state index contributed by atoms with van der Waals surface area (Å²) >= 11 is 2.92. The van der Waals surface area contributed by atoms with Gasteiger partial charge in [0.25, 0.3) is 0 Å². The summed E-state index contributed by atoms with van der Waals surface area (Å²) < 4.78 is 0.113. The van der Waals surface area contributed by atoms with Gasteiger partial charge in [0.05, 0.1) is 0 Å². The zero-order valence-electron chi connectivity index (χ0n) is 6.31. The number of hydrogen-bond donors (Lipinski definition) is 3. The normalized spacial score (nSPS) is 9.77. The van der Waals surface area contributed by atoms with Crippen LogP contribution >= 0.6 is 15.9 Å². The lowest BCUT2D eigenvalue weighted by Gasteiger charge is -2.02. The molecule has 0 atom stereocenters. The van der Waals surface area contributed by atoms with Crippen LogP contribution in [0.3, 0.4) is 0 Å². The van der Waals surface area contributed by atoms with Crippen molar-refractivity contribution in [2.24, 2.45) is 0 Å².